The Balaban J connectivity index is 1.44. The number of nitrogens with two attached hydrogens (primary N) is 1. The first kappa shape index (κ1) is 18.2. The van der Waals surface area contributed by atoms with Gasteiger partial charge in [-0.25, -0.2) is 4.63 Å². The van der Waals surface area contributed by atoms with E-state index in [1.807, 2.05) is 31.2 Å². The van der Waals surface area contributed by atoms with E-state index < -0.39 is 5.91 Å². The maximum absolute atomic E-state index is 11.8. The van der Waals surface area contributed by atoms with Crippen LogP contribution in [0.1, 0.15) is 21.8 Å². The highest BCUT2D eigenvalue weighted by atomic mass is 79.9. The summed E-state index contributed by atoms with van der Waals surface area (Å²) in [5.74, 6) is 1.19. The molecule has 0 aliphatic heterocycles. The number of hydrogen-bond acceptors (Lipinski definition) is 7. The van der Waals surface area contributed by atoms with Gasteiger partial charge < -0.3 is 20.8 Å². The smallest absolute Gasteiger partial charge is 0.277 e. The Kier molecular flexibility index (Phi) is 5.69. The van der Waals surface area contributed by atoms with E-state index in [1.165, 1.54) is 0 Å². The van der Waals surface area contributed by atoms with Crippen LogP contribution in [0.2, 0.25) is 0 Å². The predicted molar refractivity (Wildman–Crippen MR) is 99.3 cm³/mol. The maximum Gasteiger partial charge on any atom is 0.277 e. The van der Waals surface area contributed by atoms with E-state index >= 15 is 0 Å². The largest absolute Gasteiger partial charge is 0.460 e. The number of amides is 1. The van der Waals surface area contributed by atoms with E-state index in [1.54, 1.807) is 0 Å². The first-order valence-corrected chi connectivity index (χ1v) is 8.76. The molecule has 9 heteroatoms. The van der Waals surface area contributed by atoms with Crippen molar-refractivity contribution >= 4 is 27.7 Å². The Bertz CT molecular complexity index is 905. The normalized spacial score (nSPS) is 10.8. The lowest BCUT2D eigenvalue weighted by Gasteiger charge is -2.05. The number of nitrogens with zero attached hydrogens (tertiary/aromatic N) is 2. The molecule has 3 aromatic rings. The first-order valence-electron chi connectivity index (χ1n) is 7.97. The predicted octanol–water partition coefficient (Wildman–Crippen LogP) is 2.50. The SMILES string of the molecule is Cc1cc(-c2ccc(CNCCNC(=O)c3nonc3N)o2)ccc1Br. The van der Waals surface area contributed by atoms with Gasteiger partial charge >= 0.3 is 0 Å². The molecular formula is C17H18BrN5O3. The van der Waals surface area contributed by atoms with Gasteiger partial charge in [0.05, 0.1) is 6.54 Å². The van der Waals surface area contributed by atoms with Crippen molar-refractivity contribution in [3.63, 3.8) is 0 Å². The third-order valence-corrected chi connectivity index (χ3v) is 4.61. The van der Waals surface area contributed by atoms with Crippen molar-refractivity contribution in [2.45, 2.75) is 13.5 Å². The summed E-state index contributed by atoms with van der Waals surface area (Å²) in [6.07, 6.45) is 0. The number of furan rings is 1. The molecule has 0 aliphatic carbocycles. The molecule has 0 unspecified atom stereocenters. The van der Waals surface area contributed by atoms with Crippen molar-refractivity contribution in [2.75, 3.05) is 18.8 Å². The van der Waals surface area contributed by atoms with Crippen LogP contribution in [0.3, 0.4) is 0 Å². The Labute approximate surface area is 158 Å². The van der Waals surface area contributed by atoms with Crippen molar-refractivity contribution in [1.29, 1.82) is 0 Å². The summed E-state index contributed by atoms with van der Waals surface area (Å²) in [5, 5.41) is 12.7. The highest BCUT2D eigenvalue weighted by Gasteiger charge is 2.14. The summed E-state index contributed by atoms with van der Waals surface area (Å²) in [6.45, 7) is 3.56. The number of carbonyl (C=O) groups is 1. The monoisotopic (exact) mass is 419 g/mol. The van der Waals surface area contributed by atoms with Gasteiger partial charge in [-0.05, 0) is 47.1 Å². The molecule has 2 aromatic heterocycles. The molecule has 0 atom stereocenters. The number of aromatic nitrogens is 2. The second kappa shape index (κ2) is 8.15. The number of anilines is 1. The van der Waals surface area contributed by atoms with E-state index in [4.69, 9.17) is 10.2 Å². The van der Waals surface area contributed by atoms with Crippen molar-refractivity contribution in [3.05, 3.63) is 51.8 Å². The summed E-state index contributed by atoms with van der Waals surface area (Å²) in [7, 11) is 0. The molecule has 0 saturated carbocycles. The lowest BCUT2D eigenvalue weighted by atomic mass is 10.1. The molecule has 0 saturated heterocycles. The standard InChI is InChI=1S/C17H18BrN5O3/c1-10-8-11(2-4-13(10)18)14-5-3-12(25-14)9-20-6-7-21-17(24)15-16(19)23-26-22-15/h2-5,8,20H,6-7,9H2,1H3,(H2,19,23)(H,21,24). The zero-order chi connectivity index (χ0) is 18.5. The number of hydrogen-bond donors (Lipinski definition) is 3. The van der Waals surface area contributed by atoms with Gasteiger partial charge in [0.2, 0.25) is 11.5 Å². The van der Waals surface area contributed by atoms with E-state index in [0.29, 0.717) is 19.6 Å². The second-order valence-corrected chi connectivity index (χ2v) is 6.52. The van der Waals surface area contributed by atoms with Crippen LogP contribution in [-0.2, 0) is 6.54 Å². The molecule has 2 heterocycles. The number of aryl methyl sites for hydroxylation is 1. The molecule has 4 N–H and O–H groups in total. The molecule has 0 spiro atoms. The van der Waals surface area contributed by atoms with Crippen molar-refractivity contribution in [1.82, 2.24) is 20.9 Å². The van der Waals surface area contributed by atoms with E-state index in [-0.39, 0.29) is 11.5 Å². The van der Waals surface area contributed by atoms with E-state index in [2.05, 4.69) is 47.6 Å². The average molecular weight is 420 g/mol. The van der Waals surface area contributed by atoms with Crippen LogP contribution in [-0.4, -0.2) is 29.3 Å². The minimum absolute atomic E-state index is 0.00883. The Morgan fingerprint density at radius 1 is 1.23 bits per heavy atom. The van der Waals surface area contributed by atoms with Gasteiger partial charge in [0, 0.05) is 23.1 Å². The second-order valence-electron chi connectivity index (χ2n) is 5.66. The van der Waals surface area contributed by atoms with Crippen LogP contribution in [0.4, 0.5) is 5.82 Å². The zero-order valence-corrected chi connectivity index (χ0v) is 15.7. The molecule has 8 nitrogen and oxygen atoms in total. The highest BCUT2D eigenvalue weighted by Crippen LogP contribution is 2.26. The minimum atomic E-state index is -0.420. The number of nitrogen functional groups attached to an aromatic ring is 1. The number of halogens is 1. The van der Waals surface area contributed by atoms with Crippen LogP contribution in [0.5, 0.6) is 0 Å². The molecule has 1 aromatic carbocycles. The van der Waals surface area contributed by atoms with Crippen LogP contribution in [0.15, 0.2) is 43.9 Å². The van der Waals surface area contributed by atoms with E-state index in [0.717, 1.165) is 27.1 Å². The lowest BCUT2D eigenvalue weighted by Crippen LogP contribution is -2.32. The lowest BCUT2D eigenvalue weighted by molar-refractivity contribution is 0.0944. The fraction of sp³-hybridized carbons (Fsp3) is 0.235. The quantitative estimate of drug-likeness (QED) is 0.503. The number of rotatable bonds is 7. The van der Waals surface area contributed by atoms with Gasteiger partial charge in [-0.2, -0.15) is 0 Å². The molecule has 136 valence electrons. The zero-order valence-electron chi connectivity index (χ0n) is 14.1. The Hall–Kier alpha value is -2.65. The summed E-state index contributed by atoms with van der Waals surface area (Å²) in [5.41, 5.74) is 7.63. The van der Waals surface area contributed by atoms with Crippen molar-refractivity contribution in [3.8, 4) is 11.3 Å². The number of carbonyl (C=O) groups excluding carboxylic acids is 1. The Morgan fingerprint density at radius 3 is 2.81 bits per heavy atom. The molecule has 0 fully saturated rings. The van der Waals surface area contributed by atoms with Gasteiger partial charge in [-0.3, -0.25) is 4.79 Å². The van der Waals surface area contributed by atoms with Gasteiger partial charge in [-0.15, -0.1) is 0 Å². The van der Waals surface area contributed by atoms with Gasteiger partial charge in [0.15, 0.2) is 0 Å². The summed E-state index contributed by atoms with van der Waals surface area (Å²) < 4.78 is 11.3. The van der Waals surface area contributed by atoms with Crippen LogP contribution in [0.25, 0.3) is 11.3 Å². The molecule has 0 radical (unpaired) electrons. The van der Waals surface area contributed by atoms with Crippen LogP contribution in [0, 0.1) is 6.92 Å². The molecule has 3 rings (SSSR count). The highest BCUT2D eigenvalue weighted by molar-refractivity contribution is 9.10. The molecule has 0 bridgehead atoms. The topological polar surface area (TPSA) is 119 Å². The van der Waals surface area contributed by atoms with Crippen molar-refractivity contribution < 1.29 is 13.8 Å². The minimum Gasteiger partial charge on any atom is -0.460 e. The fourth-order valence-electron chi connectivity index (χ4n) is 2.34. The number of nitrogens with one attached hydrogen (secondary N) is 2. The van der Waals surface area contributed by atoms with E-state index in [9.17, 15) is 4.79 Å². The molecular weight excluding hydrogens is 402 g/mol. The Morgan fingerprint density at radius 2 is 2.08 bits per heavy atom. The van der Waals surface area contributed by atoms with Gasteiger partial charge in [0.1, 0.15) is 11.5 Å². The molecule has 0 aliphatic rings. The van der Waals surface area contributed by atoms with Crippen LogP contribution >= 0.6 is 15.9 Å². The van der Waals surface area contributed by atoms with Gasteiger partial charge in [-0.1, -0.05) is 22.0 Å². The third-order valence-electron chi connectivity index (χ3n) is 3.72. The van der Waals surface area contributed by atoms with Crippen LogP contribution < -0.4 is 16.4 Å². The number of benzene rings is 1. The third kappa shape index (κ3) is 4.30. The average Bonchev–Trinajstić information content (AvgIpc) is 3.26. The summed E-state index contributed by atoms with van der Waals surface area (Å²) in [6, 6.07) is 9.96. The first-order chi connectivity index (χ1) is 12.5. The maximum atomic E-state index is 11.8. The fourth-order valence-corrected chi connectivity index (χ4v) is 2.59. The molecule has 26 heavy (non-hydrogen) atoms. The molecule has 1 amide bonds. The summed E-state index contributed by atoms with van der Waals surface area (Å²) in [4.78, 5) is 11.8. The van der Waals surface area contributed by atoms with Crippen molar-refractivity contribution in [2.24, 2.45) is 0 Å². The van der Waals surface area contributed by atoms with Gasteiger partial charge in [0.25, 0.3) is 5.91 Å². The summed E-state index contributed by atoms with van der Waals surface area (Å²) >= 11 is 3.49.